The average Bonchev–Trinajstić information content (AvgIpc) is 2.67. The monoisotopic (exact) mass is 398 g/mol. The number of benzene rings is 1. The number of ether oxygens (including phenoxy) is 1. The lowest BCUT2D eigenvalue weighted by Crippen LogP contribution is -2.42. The average molecular weight is 399 g/mol. The van der Waals surface area contributed by atoms with Gasteiger partial charge in [-0.25, -0.2) is 4.79 Å². The van der Waals surface area contributed by atoms with Crippen LogP contribution in [0.1, 0.15) is 61.0 Å². The number of carboxylic acid groups (broad SMARTS) is 1. The molecule has 29 heavy (non-hydrogen) atoms. The topological polar surface area (TPSA) is 53.0 Å². The third kappa shape index (κ3) is 4.76. The first-order chi connectivity index (χ1) is 13.7. The number of aromatic carboxylic acids is 1. The minimum atomic E-state index is -0.891. The minimum absolute atomic E-state index is 0.122. The van der Waals surface area contributed by atoms with Crippen LogP contribution in [0.3, 0.4) is 0 Å². The predicted molar refractivity (Wildman–Crippen MR) is 117 cm³/mol. The molecule has 0 radical (unpaired) electrons. The van der Waals surface area contributed by atoms with E-state index in [1.54, 1.807) is 6.07 Å². The van der Waals surface area contributed by atoms with E-state index in [2.05, 4.69) is 55.6 Å². The van der Waals surface area contributed by atoms with Crippen LogP contribution in [0.2, 0.25) is 0 Å². The van der Waals surface area contributed by atoms with Gasteiger partial charge in [0.15, 0.2) is 0 Å². The first kappa shape index (κ1) is 21.7. The number of carbonyl (C=O) groups is 1. The highest BCUT2D eigenvalue weighted by atomic mass is 16.5. The van der Waals surface area contributed by atoms with Crippen molar-refractivity contribution in [3.05, 3.63) is 28.8 Å². The van der Waals surface area contributed by atoms with Crippen LogP contribution in [0.25, 0.3) is 0 Å². The van der Waals surface area contributed by atoms with Crippen molar-refractivity contribution in [2.75, 3.05) is 38.8 Å². The van der Waals surface area contributed by atoms with E-state index in [1.807, 2.05) is 6.92 Å². The Bertz CT molecular complexity index is 809. The van der Waals surface area contributed by atoms with Crippen LogP contribution in [0.4, 0.5) is 5.69 Å². The molecule has 1 aliphatic carbocycles. The Morgan fingerprint density at radius 1 is 1.21 bits per heavy atom. The lowest BCUT2D eigenvalue weighted by molar-refractivity contribution is -0.0648. The SMILES string of the molecule is CCN(c1cc(C#CC2(C)COC2)cc(C(=O)O)c1C)[C@H]1CC[C@H](N(C)C)CC1. The highest BCUT2D eigenvalue weighted by molar-refractivity contribution is 5.92. The summed E-state index contributed by atoms with van der Waals surface area (Å²) in [7, 11) is 4.31. The van der Waals surface area contributed by atoms with Gasteiger partial charge < -0.3 is 19.6 Å². The van der Waals surface area contributed by atoms with Gasteiger partial charge in [-0.15, -0.1) is 0 Å². The molecule has 0 spiro atoms. The van der Waals surface area contributed by atoms with E-state index in [9.17, 15) is 9.90 Å². The molecule has 1 aliphatic heterocycles. The number of nitrogens with zero attached hydrogens (tertiary/aromatic N) is 2. The zero-order valence-corrected chi connectivity index (χ0v) is 18.4. The first-order valence-electron chi connectivity index (χ1n) is 10.7. The van der Waals surface area contributed by atoms with Gasteiger partial charge in [0, 0.05) is 29.9 Å². The second-order valence-electron chi connectivity index (χ2n) is 8.99. The van der Waals surface area contributed by atoms with E-state index in [0.717, 1.165) is 36.2 Å². The predicted octanol–water partition coefficient (Wildman–Crippen LogP) is 3.78. The number of hydrogen-bond acceptors (Lipinski definition) is 4. The van der Waals surface area contributed by atoms with Gasteiger partial charge in [-0.3, -0.25) is 0 Å². The summed E-state index contributed by atoms with van der Waals surface area (Å²) < 4.78 is 5.28. The fourth-order valence-electron chi connectivity index (χ4n) is 4.51. The van der Waals surface area contributed by atoms with Crippen LogP contribution in [-0.4, -0.2) is 61.9 Å². The number of anilines is 1. The number of hydrogen-bond donors (Lipinski definition) is 1. The Morgan fingerprint density at radius 3 is 2.31 bits per heavy atom. The largest absolute Gasteiger partial charge is 0.478 e. The molecule has 0 atom stereocenters. The molecule has 2 fully saturated rings. The third-order valence-corrected chi connectivity index (χ3v) is 6.45. The number of carboxylic acids is 1. The molecule has 3 rings (SSSR count). The number of rotatable bonds is 5. The van der Waals surface area contributed by atoms with Crippen molar-refractivity contribution in [2.24, 2.45) is 5.41 Å². The molecule has 5 heteroatoms. The second-order valence-corrected chi connectivity index (χ2v) is 8.99. The lowest BCUT2D eigenvalue weighted by atomic mass is 9.88. The molecule has 1 saturated heterocycles. The molecular formula is C24H34N2O3. The summed E-state index contributed by atoms with van der Waals surface area (Å²) in [6.45, 7) is 8.30. The zero-order chi connectivity index (χ0) is 21.2. The highest BCUT2D eigenvalue weighted by Gasteiger charge is 2.31. The molecule has 1 aromatic carbocycles. The van der Waals surface area contributed by atoms with E-state index in [-0.39, 0.29) is 5.41 Å². The lowest BCUT2D eigenvalue weighted by Gasteiger charge is -2.40. The summed E-state index contributed by atoms with van der Waals surface area (Å²) in [4.78, 5) is 16.6. The van der Waals surface area contributed by atoms with Gasteiger partial charge in [0.2, 0.25) is 0 Å². The fourth-order valence-corrected chi connectivity index (χ4v) is 4.51. The van der Waals surface area contributed by atoms with Gasteiger partial charge in [-0.2, -0.15) is 0 Å². The minimum Gasteiger partial charge on any atom is -0.478 e. The molecule has 158 valence electrons. The molecular weight excluding hydrogens is 364 g/mol. The quantitative estimate of drug-likeness (QED) is 0.765. The maximum atomic E-state index is 11.9. The Kier molecular flexibility index (Phi) is 6.55. The first-order valence-corrected chi connectivity index (χ1v) is 10.7. The van der Waals surface area contributed by atoms with Crippen molar-refractivity contribution in [3.63, 3.8) is 0 Å². The van der Waals surface area contributed by atoms with Crippen LogP contribution in [0.15, 0.2) is 12.1 Å². The van der Waals surface area contributed by atoms with Gasteiger partial charge in [0.1, 0.15) is 0 Å². The smallest absolute Gasteiger partial charge is 0.336 e. The zero-order valence-electron chi connectivity index (χ0n) is 18.4. The molecule has 1 N–H and O–H groups in total. The van der Waals surface area contributed by atoms with E-state index in [4.69, 9.17) is 4.74 Å². The van der Waals surface area contributed by atoms with Crippen LogP contribution in [0, 0.1) is 24.2 Å². The maximum Gasteiger partial charge on any atom is 0.336 e. The van der Waals surface area contributed by atoms with Crippen LogP contribution < -0.4 is 4.90 Å². The van der Waals surface area contributed by atoms with Gasteiger partial charge >= 0.3 is 5.97 Å². The molecule has 1 aromatic rings. The second kappa shape index (κ2) is 8.77. The van der Waals surface area contributed by atoms with Crippen molar-refractivity contribution in [1.29, 1.82) is 0 Å². The van der Waals surface area contributed by atoms with Gasteiger partial charge in [0.25, 0.3) is 0 Å². The summed E-state index contributed by atoms with van der Waals surface area (Å²) in [5.74, 6) is 5.62. The summed E-state index contributed by atoms with van der Waals surface area (Å²) in [5, 5.41) is 9.77. The molecule has 1 heterocycles. The standard InChI is InChI=1S/C24H34N2O3/c1-6-26(20-9-7-19(8-10-20)25(4)5)22-14-18(11-12-24(3)15-29-16-24)13-21(17(22)2)23(27)28/h13-14,19-20H,6-10,15-16H2,1-5H3,(H,27,28)/t19-,20-. The van der Waals surface area contributed by atoms with Crippen molar-refractivity contribution < 1.29 is 14.6 Å². The molecule has 0 bridgehead atoms. The molecule has 5 nitrogen and oxygen atoms in total. The van der Waals surface area contributed by atoms with Crippen molar-refractivity contribution in [1.82, 2.24) is 4.90 Å². The summed E-state index contributed by atoms with van der Waals surface area (Å²) in [6, 6.07) is 4.88. The van der Waals surface area contributed by atoms with Crippen LogP contribution in [0.5, 0.6) is 0 Å². The van der Waals surface area contributed by atoms with Crippen molar-refractivity contribution in [2.45, 2.75) is 58.5 Å². The van der Waals surface area contributed by atoms with Gasteiger partial charge in [0.05, 0.1) is 24.2 Å². The maximum absolute atomic E-state index is 11.9. The van der Waals surface area contributed by atoms with Crippen LogP contribution >= 0.6 is 0 Å². The Morgan fingerprint density at radius 2 is 1.83 bits per heavy atom. The molecule has 0 unspecified atom stereocenters. The van der Waals surface area contributed by atoms with E-state index in [1.165, 1.54) is 12.8 Å². The molecule has 0 aromatic heterocycles. The molecule has 2 aliphatic rings. The van der Waals surface area contributed by atoms with Gasteiger partial charge in [-0.05, 0) is 78.2 Å². The fraction of sp³-hybridized carbons (Fsp3) is 0.625. The van der Waals surface area contributed by atoms with Crippen molar-refractivity contribution >= 4 is 11.7 Å². The third-order valence-electron chi connectivity index (χ3n) is 6.45. The molecule has 1 saturated carbocycles. The summed E-state index contributed by atoms with van der Waals surface area (Å²) in [6.07, 6.45) is 4.61. The van der Waals surface area contributed by atoms with Crippen LogP contribution in [-0.2, 0) is 4.74 Å². The summed E-state index contributed by atoms with van der Waals surface area (Å²) in [5.41, 5.74) is 2.85. The summed E-state index contributed by atoms with van der Waals surface area (Å²) >= 11 is 0. The Balaban J connectivity index is 1.92. The van der Waals surface area contributed by atoms with Crippen molar-refractivity contribution in [3.8, 4) is 11.8 Å². The highest BCUT2D eigenvalue weighted by Crippen LogP contribution is 2.33. The van der Waals surface area contributed by atoms with E-state index < -0.39 is 5.97 Å². The Hall–Kier alpha value is -2.03. The van der Waals surface area contributed by atoms with E-state index >= 15 is 0 Å². The van der Waals surface area contributed by atoms with E-state index in [0.29, 0.717) is 30.9 Å². The van der Waals surface area contributed by atoms with Gasteiger partial charge in [-0.1, -0.05) is 11.8 Å². The Labute approximate surface area is 175 Å². The normalized spacial score (nSPS) is 23.1. The molecule has 0 amide bonds.